The first kappa shape index (κ1) is 10.8. The lowest BCUT2D eigenvalue weighted by Crippen LogP contribution is -1.90. The van der Waals surface area contributed by atoms with Gasteiger partial charge < -0.3 is 5.11 Å². The van der Waals surface area contributed by atoms with E-state index in [1.54, 1.807) is 18.3 Å². The average Bonchev–Trinajstić information content (AvgIpc) is 2.73. The third-order valence-corrected chi connectivity index (χ3v) is 3.10. The second-order valence-corrected chi connectivity index (χ2v) is 4.44. The Hall–Kier alpha value is -2.36. The Morgan fingerprint density at radius 2 is 2.11 bits per heavy atom. The number of rotatable bonds is 1. The number of ketones is 1. The molecule has 0 bridgehead atoms. The van der Waals surface area contributed by atoms with Crippen LogP contribution < -0.4 is 0 Å². The second kappa shape index (κ2) is 3.57. The smallest absolute Gasteiger partial charge is 0.179 e. The molecule has 1 aromatic carbocycles. The molecule has 0 atom stereocenters. The SMILES string of the molecule is CC(=O)c1cn2c(cc(C)c3cc(O)ccc32)n1. The Bertz CT molecular complexity index is 787. The zero-order valence-corrected chi connectivity index (χ0v) is 10.1. The van der Waals surface area contributed by atoms with E-state index in [9.17, 15) is 9.90 Å². The molecule has 0 aliphatic rings. The van der Waals surface area contributed by atoms with E-state index in [1.807, 2.05) is 23.5 Å². The van der Waals surface area contributed by atoms with Crippen LogP contribution in [0, 0.1) is 6.92 Å². The van der Waals surface area contributed by atoms with E-state index in [4.69, 9.17) is 0 Å². The molecule has 0 amide bonds. The fourth-order valence-corrected chi connectivity index (χ4v) is 2.18. The molecular formula is C14H12N2O2. The van der Waals surface area contributed by atoms with Gasteiger partial charge in [0.05, 0.1) is 5.52 Å². The number of nitrogens with zero attached hydrogens (tertiary/aromatic N) is 2. The summed E-state index contributed by atoms with van der Waals surface area (Å²) >= 11 is 0. The minimum atomic E-state index is -0.0525. The number of carbonyl (C=O) groups excluding carboxylic acids is 1. The van der Waals surface area contributed by atoms with Crippen LogP contribution in [0.2, 0.25) is 0 Å². The number of aromatic nitrogens is 2. The quantitative estimate of drug-likeness (QED) is 0.665. The molecule has 0 aliphatic heterocycles. The van der Waals surface area contributed by atoms with Crippen molar-refractivity contribution in [3.05, 3.63) is 41.7 Å². The van der Waals surface area contributed by atoms with Crippen molar-refractivity contribution in [2.75, 3.05) is 0 Å². The van der Waals surface area contributed by atoms with Crippen molar-refractivity contribution in [1.29, 1.82) is 0 Å². The highest BCUT2D eigenvalue weighted by molar-refractivity contribution is 5.94. The fraction of sp³-hybridized carbons (Fsp3) is 0.143. The topological polar surface area (TPSA) is 54.6 Å². The number of aromatic hydroxyl groups is 1. The Morgan fingerprint density at radius 1 is 1.33 bits per heavy atom. The highest BCUT2D eigenvalue weighted by atomic mass is 16.3. The summed E-state index contributed by atoms with van der Waals surface area (Å²) in [5, 5.41) is 10.5. The van der Waals surface area contributed by atoms with Gasteiger partial charge in [-0.05, 0) is 36.8 Å². The van der Waals surface area contributed by atoms with Crippen LogP contribution in [0.15, 0.2) is 30.5 Å². The van der Waals surface area contributed by atoms with Crippen molar-refractivity contribution in [3.8, 4) is 5.75 Å². The number of fused-ring (bicyclic) bond motifs is 3. The maximum atomic E-state index is 11.4. The lowest BCUT2D eigenvalue weighted by atomic mass is 10.1. The van der Waals surface area contributed by atoms with Gasteiger partial charge in [0.15, 0.2) is 5.78 Å². The highest BCUT2D eigenvalue weighted by Gasteiger charge is 2.10. The van der Waals surface area contributed by atoms with E-state index >= 15 is 0 Å². The second-order valence-electron chi connectivity index (χ2n) is 4.44. The molecular weight excluding hydrogens is 228 g/mol. The third kappa shape index (κ3) is 1.46. The van der Waals surface area contributed by atoms with Crippen molar-refractivity contribution in [1.82, 2.24) is 9.38 Å². The van der Waals surface area contributed by atoms with Crippen LogP contribution >= 0.6 is 0 Å². The van der Waals surface area contributed by atoms with Gasteiger partial charge in [-0.25, -0.2) is 4.98 Å². The summed E-state index contributed by atoms with van der Waals surface area (Å²) in [6.07, 6.45) is 1.73. The Labute approximate surface area is 104 Å². The van der Waals surface area contributed by atoms with Crippen LogP contribution in [0.25, 0.3) is 16.6 Å². The van der Waals surface area contributed by atoms with Crippen LogP contribution in [-0.4, -0.2) is 20.3 Å². The van der Waals surface area contributed by atoms with Gasteiger partial charge in [-0.15, -0.1) is 0 Å². The average molecular weight is 240 g/mol. The monoisotopic (exact) mass is 240 g/mol. The van der Waals surface area contributed by atoms with Gasteiger partial charge >= 0.3 is 0 Å². The number of phenols is 1. The predicted octanol–water partition coefficient (Wildman–Crippen LogP) is 2.70. The third-order valence-electron chi connectivity index (χ3n) is 3.10. The number of carbonyl (C=O) groups is 1. The number of phenolic OH excluding ortho intramolecular Hbond substituents is 1. The summed E-state index contributed by atoms with van der Waals surface area (Å²) < 4.78 is 1.87. The molecule has 90 valence electrons. The molecule has 0 radical (unpaired) electrons. The van der Waals surface area contributed by atoms with Crippen LogP contribution in [0.1, 0.15) is 23.0 Å². The normalized spacial score (nSPS) is 11.2. The summed E-state index contributed by atoms with van der Waals surface area (Å²) in [7, 11) is 0. The molecule has 0 saturated heterocycles. The number of hydrogen-bond donors (Lipinski definition) is 1. The zero-order chi connectivity index (χ0) is 12.9. The van der Waals surface area contributed by atoms with Crippen LogP contribution in [0.3, 0.4) is 0 Å². The summed E-state index contributed by atoms with van der Waals surface area (Å²) in [6, 6.07) is 7.09. The largest absolute Gasteiger partial charge is 0.508 e. The summed E-state index contributed by atoms with van der Waals surface area (Å²) in [6.45, 7) is 3.46. The molecule has 18 heavy (non-hydrogen) atoms. The van der Waals surface area contributed by atoms with Gasteiger partial charge in [-0.1, -0.05) is 0 Å². The molecule has 3 aromatic rings. The van der Waals surface area contributed by atoms with E-state index in [2.05, 4.69) is 4.98 Å². The molecule has 0 spiro atoms. The van der Waals surface area contributed by atoms with Crippen molar-refractivity contribution < 1.29 is 9.90 Å². The van der Waals surface area contributed by atoms with Gasteiger partial charge in [0.25, 0.3) is 0 Å². The first-order valence-corrected chi connectivity index (χ1v) is 5.68. The first-order valence-electron chi connectivity index (χ1n) is 5.68. The van der Waals surface area contributed by atoms with Crippen LogP contribution in [0.5, 0.6) is 5.75 Å². The number of benzene rings is 1. The van der Waals surface area contributed by atoms with E-state index in [-0.39, 0.29) is 11.5 Å². The molecule has 2 aromatic heterocycles. The fourth-order valence-electron chi connectivity index (χ4n) is 2.18. The molecule has 4 heteroatoms. The first-order chi connectivity index (χ1) is 8.56. The highest BCUT2D eigenvalue weighted by Crippen LogP contribution is 2.25. The summed E-state index contributed by atoms with van der Waals surface area (Å²) in [4.78, 5) is 15.7. The lowest BCUT2D eigenvalue weighted by Gasteiger charge is -2.05. The maximum absolute atomic E-state index is 11.4. The maximum Gasteiger partial charge on any atom is 0.179 e. The van der Waals surface area contributed by atoms with E-state index in [0.29, 0.717) is 5.69 Å². The molecule has 0 unspecified atom stereocenters. The van der Waals surface area contributed by atoms with Crippen molar-refractivity contribution >= 4 is 22.3 Å². The number of hydrogen-bond acceptors (Lipinski definition) is 3. The molecule has 3 rings (SSSR count). The van der Waals surface area contributed by atoms with Crippen LogP contribution in [-0.2, 0) is 0 Å². The molecule has 1 N–H and O–H groups in total. The van der Waals surface area contributed by atoms with Gasteiger partial charge in [0, 0.05) is 18.5 Å². The molecule has 0 aliphatic carbocycles. The van der Waals surface area contributed by atoms with Crippen molar-refractivity contribution in [2.45, 2.75) is 13.8 Å². The Kier molecular flexibility index (Phi) is 2.13. The summed E-state index contributed by atoms with van der Waals surface area (Å²) in [5.41, 5.74) is 3.16. The number of aryl methyl sites for hydroxylation is 1. The molecule has 2 heterocycles. The van der Waals surface area contributed by atoms with E-state index in [0.717, 1.165) is 22.1 Å². The van der Waals surface area contributed by atoms with Gasteiger partial charge in [0.1, 0.15) is 17.1 Å². The molecule has 0 saturated carbocycles. The minimum absolute atomic E-state index is 0.0525. The summed E-state index contributed by atoms with van der Waals surface area (Å²) in [5.74, 6) is 0.181. The zero-order valence-electron chi connectivity index (χ0n) is 10.1. The standard InChI is InChI=1S/C14H12N2O2/c1-8-5-14-15-12(9(2)17)7-16(14)13-4-3-10(18)6-11(8)13/h3-7,18H,1-2H3. The Morgan fingerprint density at radius 3 is 2.83 bits per heavy atom. The van der Waals surface area contributed by atoms with Gasteiger partial charge in [0.2, 0.25) is 0 Å². The number of pyridine rings is 1. The molecule has 0 fully saturated rings. The lowest BCUT2D eigenvalue weighted by molar-refractivity contribution is 0.101. The number of imidazole rings is 1. The van der Waals surface area contributed by atoms with Gasteiger partial charge in [-0.3, -0.25) is 9.20 Å². The van der Waals surface area contributed by atoms with Crippen molar-refractivity contribution in [2.24, 2.45) is 0 Å². The predicted molar refractivity (Wildman–Crippen MR) is 69.1 cm³/mol. The number of Topliss-reactive ketones (excluding diaryl/α,β-unsaturated/α-hetero) is 1. The Balaban J connectivity index is 2.48. The minimum Gasteiger partial charge on any atom is -0.508 e. The van der Waals surface area contributed by atoms with Crippen molar-refractivity contribution in [3.63, 3.8) is 0 Å². The van der Waals surface area contributed by atoms with Crippen LogP contribution in [0.4, 0.5) is 0 Å². The van der Waals surface area contributed by atoms with E-state index < -0.39 is 0 Å². The van der Waals surface area contributed by atoms with Gasteiger partial charge in [-0.2, -0.15) is 0 Å². The molecule has 4 nitrogen and oxygen atoms in total. The van der Waals surface area contributed by atoms with E-state index in [1.165, 1.54) is 6.92 Å².